The lowest BCUT2D eigenvalue weighted by atomic mass is 9.95. The maximum Gasteiger partial charge on any atom is 0.251 e. The zero-order valence-electron chi connectivity index (χ0n) is 19.6. The highest BCUT2D eigenvalue weighted by Crippen LogP contribution is 2.29. The molecule has 180 valence electrons. The van der Waals surface area contributed by atoms with Gasteiger partial charge in [0, 0.05) is 50.7 Å². The maximum atomic E-state index is 13.1. The number of nitrogens with zero attached hydrogens (tertiary/aromatic N) is 3. The molecule has 0 aliphatic carbocycles. The summed E-state index contributed by atoms with van der Waals surface area (Å²) in [5, 5.41) is 2.69. The van der Waals surface area contributed by atoms with E-state index in [0.717, 1.165) is 24.5 Å². The summed E-state index contributed by atoms with van der Waals surface area (Å²) >= 11 is 0. The number of rotatable bonds is 6. The van der Waals surface area contributed by atoms with Crippen molar-refractivity contribution in [2.45, 2.75) is 12.8 Å². The molecule has 34 heavy (non-hydrogen) atoms. The Morgan fingerprint density at radius 2 is 1.50 bits per heavy atom. The van der Waals surface area contributed by atoms with Gasteiger partial charge >= 0.3 is 0 Å². The zero-order chi connectivity index (χ0) is 23.9. The fraction of sp³-hybridized carbons (Fsp3) is 0.423. The van der Waals surface area contributed by atoms with E-state index in [-0.39, 0.29) is 30.2 Å². The fourth-order valence-corrected chi connectivity index (χ4v) is 4.65. The Labute approximate surface area is 200 Å². The average Bonchev–Trinajstić information content (AvgIpc) is 2.91. The van der Waals surface area contributed by atoms with Gasteiger partial charge in [-0.1, -0.05) is 30.3 Å². The van der Waals surface area contributed by atoms with Gasteiger partial charge in [-0.05, 0) is 37.1 Å². The van der Waals surface area contributed by atoms with E-state index in [1.807, 2.05) is 35.2 Å². The average molecular weight is 465 g/mol. The van der Waals surface area contributed by atoms with Crippen molar-refractivity contribution in [2.75, 3.05) is 57.8 Å². The van der Waals surface area contributed by atoms with Gasteiger partial charge in [-0.3, -0.25) is 14.4 Å². The molecule has 0 bridgehead atoms. The number of amides is 3. The molecule has 2 heterocycles. The van der Waals surface area contributed by atoms with Crippen molar-refractivity contribution in [3.63, 3.8) is 0 Å². The topological polar surface area (TPSA) is 82.2 Å². The van der Waals surface area contributed by atoms with Crippen molar-refractivity contribution in [3.8, 4) is 5.75 Å². The minimum Gasteiger partial charge on any atom is -0.495 e. The molecule has 4 rings (SSSR count). The molecule has 8 heteroatoms. The highest BCUT2D eigenvalue weighted by Gasteiger charge is 2.32. The third-order valence-corrected chi connectivity index (χ3v) is 6.65. The van der Waals surface area contributed by atoms with E-state index in [9.17, 15) is 14.4 Å². The Balaban J connectivity index is 1.21. The Bertz CT molecular complexity index is 997. The number of carbonyl (C=O) groups is 3. The van der Waals surface area contributed by atoms with Gasteiger partial charge in [0.15, 0.2) is 0 Å². The summed E-state index contributed by atoms with van der Waals surface area (Å²) in [6.07, 6.45) is 1.31. The van der Waals surface area contributed by atoms with Gasteiger partial charge in [-0.25, -0.2) is 0 Å². The van der Waals surface area contributed by atoms with Crippen LogP contribution < -0.4 is 15.0 Å². The first-order chi connectivity index (χ1) is 16.6. The molecule has 0 atom stereocenters. The number of methoxy groups -OCH3 is 1. The summed E-state index contributed by atoms with van der Waals surface area (Å²) in [5.74, 6) is 0.607. The van der Waals surface area contributed by atoms with Crippen molar-refractivity contribution in [1.82, 2.24) is 15.1 Å². The molecule has 8 nitrogen and oxygen atoms in total. The molecule has 0 radical (unpaired) electrons. The number of piperazine rings is 1. The van der Waals surface area contributed by atoms with Gasteiger partial charge in [0.2, 0.25) is 11.8 Å². The number of benzene rings is 2. The van der Waals surface area contributed by atoms with Crippen LogP contribution in [0.1, 0.15) is 23.2 Å². The lowest BCUT2D eigenvalue weighted by Gasteiger charge is -2.39. The molecule has 2 saturated heterocycles. The van der Waals surface area contributed by atoms with Gasteiger partial charge in [0.1, 0.15) is 5.75 Å². The van der Waals surface area contributed by atoms with Gasteiger partial charge in [-0.2, -0.15) is 0 Å². The molecule has 3 amide bonds. The molecule has 2 fully saturated rings. The van der Waals surface area contributed by atoms with Crippen LogP contribution in [0.15, 0.2) is 54.6 Å². The highest BCUT2D eigenvalue weighted by molar-refractivity contribution is 5.96. The molecule has 2 aliphatic heterocycles. The van der Waals surface area contributed by atoms with Crippen LogP contribution in [-0.2, 0) is 9.59 Å². The number of para-hydroxylation sites is 2. The summed E-state index contributed by atoms with van der Waals surface area (Å²) < 4.78 is 5.47. The molecule has 0 aromatic heterocycles. The molecule has 2 aromatic rings. The molecule has 2 aromatic carbocycles. The van der Waals surface area contributed by atoms with E-state index in [0.29, 0.717) is 44.6 Å². The van der Waals surface area contributed by atoms with Crippen molar-refractivity contribution < 1.29 is 19.1 Å². The van der Waals surface area contributed by atoms with E-state index < -0.39 is 0 Å². The first-order valence-electron chi connectivity index (χ1n) is 11.8. The van der Waals surface area contributed by atoms with Gasteiger partial charge in [-0.15, -0.1) is 0 Å². The number of anilines is 1. The van der Waals surface area contributed by atoms with Crippen LogP contribution in [0, 0.1) is 5.92 Å². The monoisotopic (exact) mass is 464 g/mol. The zero-order valence-corrected chi connectivity index (χ0v) is 19.6. The Morgan fingerprint density at radius 1 is 0.853 bits per heavy atom. The van der Waals surface area contributed by atoms with E-state index in [4.69, 9.17) is 4.74 Å². The van der Waals surface area contributed by atoms with E-state index in [1.165, 1.54) is 0 Å². The predicted molar refractivity (Wildman–Crippen MR) is 130 cm³/mol. The Hall–Kier alpha value is -3.55. The molecule has 1 N–H and O–H groups in total. The molecule has 0 saturated carbocycles. The van der Waals surface area contributed by atoms with E-state index >= 15 is 0 Å². The number of carbonyl (C=O) groups excluding carboxylic acids is 3. The Morgan fingerprint density at radius 3 is 2.18 bits per heavy atom. The minimum absolute atomic E-state index is 0.0305. The van der Waals surface area contributed by atoms with Crippen LogP contribution in [0.5, 0.6) is 5.75 Å². The summed E-state index contributed by atoms with van der Waals surface area (Å²) in [5.41, 5.74) is 1.59. The third kappa shape index (κ3) is 5.50. The molecular formula is C26H32N4O4. The van der Waals surface area contributed by atoms with Crippen molar-refractivity contribution >= 4 is 23.4 Å². The molecular weight excluding hydrogens is 432 g/mol. The number of piperidine rings is 1. The second-order valence-corrected chi connectivity index (χ2v) is 8.69. The van der Waals surface area contributed by atoms with E-state index in [2.05, 4.69) is 10.2 Å². The number of hydrogen-bond donors (Lipinski definition) is 1. The summed E-state index contributed by atoms with van der Waals surface area (Å²) in [6, 6.07) is 16.8. The number of likely N-dealkylation sites (tertiary alicyclic amines) is 1. The quantitative estimate of drug-likeness (QED) is 0.707. The summed E-state index contributed by atoms with van der Waals surface area (Å²) in [4.78, 5) is 43.7. The Kier molecular flexibility index (Phi) is 7.67. The number of nitrogens with one attached hydrogen (secondary N) is 1. The second kappa shape index (κ2) is 11.0. The van der Waals surface area contributed by atoms with Crippen molar-refractivity contribution in [1.29, 1.82) is 0 Å². The lowest BCUT2D eigenvalue weighted by Crippen LogP contribution is -2.52. The first-order valence-corrected chi connectivity index (χ1v) is 11.8. The molecule has 0 spiro atoms. The van der Waals surface area contributed by atoms with Crippen LogP contribution in [0.4, 0.5) is 5.69 Å². The number of ether oxygens (including phenoxy) is 1. The molecule has 2 aliphatic rings. The summed E-state index contributed by atoms with van der Waals surface area (Å²) in [6.45, 7) is 3.95. The van der Waals surface area contributed by atoms with E-state index in [1.54, 1.807) is 36.3 Å². The minimum atomic E-state index is -0.258. The highest BCUT2D eigenvalue weighted by atomic mass is 16.5. The maximum absolute atomic E-state index is 13.1. The van der Waals surface area contributed by atoms with Gasteiger partial charge < -0.3 is 24.8 Å². The first kappa shape index (κ1) is 23.6. The fourth-order valence-electron chi connectivity index (χ4n) is 4.65. The number of hydrogen-bond acceptors (Lipinski definition) is 5. The van der Waals surface area contributed by atoms with Crippen LogP contribution in [-0.4, -0.2) is 80.4 Å². The van der Waals surface area contributed by atoms with Crippen LogP contribution in [0.2, 0.25) is 0 Å². The smallest absolute Gasteiger partial charge is 0.251 e. The van der Waals surface area contributed by atoms with Crippen LogP contribution >= 0.6 is 0 Å². The lowest BCUT2D eigenvalue weighted by molar-refractivity contribution is -0.140. The van der Waals surface area contributed by atoms with Crippen molar-refractivity contribution in [2.24, 2.45) is 5.92 Å². The third-order valence-electron chi connectivity index (χ3n) is 6.65. The van der Waals surface area contributed by atoms with Gasteiger partial charge in [0.25, 0.3) is 5.91 Å². The van der Waals surface area contributed by atoms with Crippen molar-refractivity contribution in [3.05, 3.63) is 60.2 Å². The van der Waals surface area contributed by atoms with Crippen LogP contribution in [0.25, 0.3) is 0 Å². The standard InChI is InChI=1S/C26H32N4O4/c1-34-23-10-6-5-9-22(23)28-15-17-30(18-16-28)26(33)21-11-13-29(14-12-21)24(31)19-27-25(32)20-7-3-2-4-8-20/h2-10,21H,11-19H2,1H3,(H,27,32). The molecule has 0 unspecified atom stereocenters. The SMILES string of the molecule is COc1ccccc1N1CCN(C(=O)C2CCN(C(=O)CNC(=O)c3ccccc3)CC2)CC1. The second-order valence-electron chi connectivity index (χ2n) is 8.69. The van der Waals surface area contributed by atoms with Gasteiger partial charge in [0.05, 0.1) is 19.3 Å². The largest absolute Gasteiger partial charge is 0.495 e. The summed E-state index contributed by atoms with van der Waals surface area (Å²) in [7, 11) is 1.67. The van der Waals surface area contributed by atoms with Crippen LogP contribution in [0.3, 0.4) is 0 Å². The normalized spacial score (nSPS) is 16.8. The predicted octanol–water partition coefficient (Wildman–Crippen LogP) is 2.01.